The number of ether oxygens (including phenoxy) is 1. The third kappa shape index (κ3) is 5.66. The molecule has 0 unspecified atom stereocenters. The van der Waals surface area contributed by atoms with Gasteiger partial charge in [-0.3, -0.25) is 0 Å². The molecule has 0 fully saturated rings. The zero-order chi connectivity index (χ0) is 24.6. The molecule has 36 heavy (non-hydrogen) atoms. The van der Waals surface area contributed by atoms with Gasteiger partial charge in [-0.2, -0.15) is 0 Å². The van der Waals surface area contributed by atoms with Crippen LogP contribution in [0.4, 0.5) is 0 Å². The van der Waals surface area contributed by atoms with Crippen molar-refractivity contribution in [1.29, 1.82) is 0 Å². The maximum absolute atomic E-state index is 5.43. The largest absolute Gasteiger partial charge is 0.497 e. The fraction of sp³-hybridized carbons (Fsp3) is 0.0303. The van der Waals surface area contributed by atoms with Gasteiger partial charge < -0.3 is 4.74 Å². The van der Waals surface area contributed by atoms with E-state index < -0.39 is 15.8 Å². The van der Waals surface area contributed by atoms with E-state index in [0.29, 0.717) is 0 Å². The quantitative estimate of drug-likeness (QED) is 0.203. The van der Waals surface area contributed by atoms with Crippen LogP contribution in [0, 0.1) is 0 Å². The Balaban J connectivity index is 1.78. The van der Waals surface area contributed by atoms with Crippen LogP contribution in [0.25, 0.3) is 6.08 Å². The van der Waals surface area contributed by atoms with Gasteiger partial charge in [0.25, 0.3) is 0 Å². The number of hydrogen-bond donors (Lipinski definition) is 0. The molecule has 0 aliphatic rings. The maximum atomic E-state index is 5.43. The number of benzene rings is 5. The van der Waals surface area contributed by atoms with Crippen molar-refractivity contribution in [3.8, 4) is 5.75 Å². The van der Waals surface area contributed by atoms with Crippen LogP contribution < -0.4 is 26.0 Å². The van der Waals surface area contributed by atoms with E-state index in [1.807, 2.05) is 12.1 Å². The summed E-state index contributed by atoms with van der Waals surface area (Å²) in [5.74, 6) is 0.871. The normalized spacial score (nSPS) is 10.9. The Kier molecular flexibility index (Phi) is 8.04. The van der Waals surface area contributed by atoms with Gasteiger partial charge in [0, 0.05) is 0 Å². The van der Waals surface area contributed by atoms with Crippen molar-refractivity contribution >= 4 is 43.1 Å². The van der Waals surface area contributed by atoms with Crippen molar-refractivity contribution in [2.45, 2.75) is 0 Å². The van der Waals surface area contributed by atoms with Crippen molar-refractivity contribution in [2.24, 2.45) is 0 Å². The monoisotopic (exact) mass is 502 g/mol. The van der Waals surface area contributed by atoms with Gasteiger partial charge in [0.2, 0.25) is 0 Å². The second-order valence-electron chi connectivity index (χ2n) is 8.29. The Hall–Kier alpha value is -3.50. The van der Waals surface area contributed by atoms with Crippen LogP contribution in [0.15, 0.2) is 151 Å². The third-order valence-corrected chi connectivity index (χ3v) is 11.6. The van der Waals surface area contributed by atoms with Crippen LogP contribution in [0.1, 0.15) is 5.56 Å². The highest BCUT2D eigenvalue weighted by Crippen LogP contribution is 2.60. The molecule has 0 spiro atoms. The van der Waals surface area contributed by atoms with Crippen LogP contribution in [-0.4, -0.2) is 7.11 Å². The second-order valence-corrected chi connectivity index (χ2v) is 13.0. The molecular formula is C33H28OP2. The molecule has 0 amide bonds. The Morgan fingerprint density at radius 3 is 1.11 bits per heavy atom. The Morgan fingerprint density at radius 2 is 0.806 bits per heavy atom. The van der Waals surface area contributed by atoms with Crippen LogP contribution in [0.3, 0.4) is 0 Å². The number of rotatable bonds is 8. The molecule has 0 heterocycles. The first-order chi connectivity index (χ1) is 17.8. The number of methoxy groups -OCH3 is 1. The first-order valence-corrected chi connectivity index (χ1v) is 14.7. The summed E-state index contributed by atoms with van der Waals surface area (Å²) in [6.07, 6.45) is 2.43. The van der Waals surface area contributed by atoms with Crippen molar-refractivity contribution in [3.05, 3.63) is 156 Å². The Labute approximate surface area is 216 Å². The summed E-state index contributed by atoms with van der Waals surface area (Å²) in [7, 11) is 0.158. The van der Waals surface area contributed by atoms with Gasteiger partial charge in [-0.05, 0) is 65.9 Å². The van der Waals surface area contributed by atoms with E-state index in [9.17, 15) is 0 Å². The molecular weight excluding hydrogens is 474 g/mol. The predicted molar refractivity (Wildman–Crippen MR) is 159 cm³/mol. The van der Waals surface area contributed by atoms with E-state index in [-0.39, 0.29) is 0 Å². The minimum absolute atomic E-state index is 0.777. The first kappa shape index (κ1) is 24.2. The van der Waals surface area contributed by atoms with E-state index in [2.05, 4.69) is 140 Å². The molecule has 0 N–H and O–H groups in total. The summed E-state index contributed by atoms with van der Waals surface area (Å²) < 4.78 is 5.43. The molecule has 0 aromatic heterocycles. The third-order valence-electron chi connectivity index (χ3n) is 5.93. The summed E-state index contributed by atoms with van der Waals surface area (Å²) in [6, 6.07) is 52.3. The van der Waals surface area contributed by atoms with Crippen molar-refractivity contribution in [1.82, 2.24) is 0 Å². The van der Waals surface area contributed by atoms with Gasteiger partial charge in [0.05, 0.1) is 7.11 Å². The van der Waals surface area contributed by atoms with Crippen molar-refractivity contribution in [2.75, 3.05) is 7.11 Å². The lowest BCUT2D eigenvalue weighted by molar-refractivity contribution is 0.415. The van der Waals surface area contributed by atoms with Crippen molar-refractivity contribution < 1.29 is 4.74 Å². The Morgan fingerprint density at radius 1 is 0.472 bits per heavy atom. The highest BCUT2D eigenvalue weighted by atomic mass is 31.2. The van der Waals surface area contributed by atoms with Gasteiger partial charge in [0.15, 0.2) is 0 Å². The fourth-order valence-electron chi connectivity index (χ4n) is 4.21. The van der Waals surface area contributed by atoms with Gasteiger partial charge in [-0.1, -0.05) is 133 Å². The first-order valence-electron chi connectivity index (χ1n) is 12.0. The fourth-order valence-corrected chi connectivity index (χ4v) is 10.5. The summed E-state index contributed by atoms with van der Waals surface area (Å²) in [6.45, 7) is 0. The van der Waals surface area contributed by atoms with Gasteiger partial charge >= 0.3 is 0 Å². The minimum Gasteiger partial charge on any atom is -0.497 e. The highest BCUT2D eigenvalue weighted by molar-refractivity contribution is 7.95. The van der Waals surface area contributed by atoms with E-state index in [4.69, 9.17) is 4.74 Å². The summed E-state index contributed by atoms with van der Waals surface area (Å²) in [4.78, 5) is 0. The van der Waals surface area contributed by atoms with Gasteiger partial charge in [-0.15, -0.1) is 0 Å². The van der Waals surface area contributed by atoms with E-state index in [1.165, 1.54) is 31.8 Å². The highest BCUT2D eigenvalue weighted by Gasteiger charge is 2.28. The molecule has 0 saturated heterocycles. The minimum atomic E-state index is -0.777. The molecule has 0 bridgehead atoms. The maximum Gasteiger partial charge on any atom is 0.118 e. The smallest absolute Gasteiger partial charge is 0.118 e. The molecule has 1 nitrogen and oxygen atoms in total. The van der Waals surface area contributed by atoms with E-state index >= 15 is 0 Å². The zero-order valence-electron chi connectivity index (χ0n) is 20.2. The van der Waals surface area contributed by atoms with Crippen LogP contribution in [0.5, 0.6) is 5.75 Å². The topological polar surface area (TPSA) is 9.23 Å². The molecule has 0 aliphatic carbocycles. The zero-order valence-corrected chi connectivity index (χ0v) is 22.0. The SMILES string of the molecule is COc1ccc(C=C(P(c2ccccc2)c2ccccc2)P(c2ccccc2)c2ccccc2)cc1. The van der Waals surface area contributed by atoms with E-state index in [0.717, 1.165) is 5.75 Å². The molecule has 0 saturated carbocycles. The molecule has 5 aromatic carbocycles. The summed E-state index contributed by atoms with van der Waals surface area (Å²) in [5.41, 5.74) is 1.18. The van der Waals surface area contributed by atoms with Crippen LogP contribution in [-0.2, 0) is 0 Å². The predicted octanol–water partition coefficient (Wildman–Crippen LogP) is 7.26. The van der Waals surface area contributed by atoms with Gasteiger partial charge in [0.1, 0.15) is 5.75 Å². The molecule has 5 rings (SSSR count). The van der Waals surface area contributed by atoms with E-state index in [1.54, 1.807) is 7.11 Å². The average Bonchev–Trinajstić information content (AvgIpc) is 2.96. The summed E-state index contributed by atoms with van der Waals surface area (Å²) in [5, 5.41) is 6.89. The molecule has 0 atom stereocenters. The molecule has 0 aliphatic heterocycles. The second kappa shape index (κ2) is 12.0. The lowest BCUT2D eigenvalue weighted by Crippen LogP contribution is -2.18. The number of hydrogen-bond acceptors (Lipinski definition) is 1. The lowest BCUT2D eigenvalue weighted by atomic mass is 10.2. The molecule has 0 radical (unpaired) electrons. The molecule has 176 valence electrons. The Bertz CT molecular complexity index is 1220. The molecule has 3 heteroatoms. The van der Waals surface area contributed by atoms with Crippen LogP contribution in [0.2, 0.25) is 0 Å². The van der Waals surface area contributed by atoms with Crippen LogP contribution >= 0.6 is 15.8 Å². The van der Waals surface area contributed by atoms with Gasteiger partial charge in [-0.25, -0.2) is 0 Å². The lowest BCUT2D eigenvalue weighted by Gasteiger charge is -2.30. The average molecular weight is 503 g/mol. The molecule has 5 aromatic rings. The van der Waals surface area contributed by atoms with Crippen molar-refractivity contribution in [3.63, 3.8) is 0 Å². The summed E-state index contributed by atoms with van der Waals surface area (Å²) >= 11 is 0. The standard InChI is InChI=1S/C33H28OP2/c1-34-28-24-22-27(23-25-28)26-33(35(29-14-6-2-7-15-29)30-16-8-3-9-17-30)36(31-18-10-4-11-19-31)32-20-12-5-13-21-32/h2-26H,1H3.